The first kappa shape index (κ1) is 17.5. The molecule has 0 aliphatic carbocycles. The van der Waals surface area contributed by atoms with Gasteiger partial charge in [0, 0.05) is 17.8 Å². The lowest BCUT2D eigenvalue weighted by Crippen LogP contribution is -2.14. The Morgan fingerprint density at radius 1 is 0.885 bits per heavy atom. The number of anilines is 2. The van der Waals surface area contributed by atoms with E-state index in [1.54, 1.807) is 36.4 Å². The zero-order valence-electron chi connectivity index (χ0n) is 14.4. The van der Waals surface area contributed by atoms with E-state index in [9.17, 15) is 9.59 Å². The molecule has 5 heteroatoms. The zero-order chi connectivity index (χ0) is 18.4. The van der Waals surface area contributed by atoms with E-state index in [4.69, 9.17) is 4.42 Å². The van der Waals surface area contributed by atoms with Crippen LogP contribution in [0.25, 0.3) is 0 Å². The average Bonchev–Trinajstić information content (AvgIpc) is 3.19. The van der Waals surface area contributed by atoms with E-state index in [1.165, 1.54) is 6.26 Å². The van der Waals surface area contributed by atoms with Gasteiger partial charge in [-0.1, -0.05) is 37.3 Å². The van der Waals surface area contributed by atoms with Gasteiger partial charge in [0.05, 0.1) is 6.26 Å². The number of hydrogen-bond donors (Lipinski definition) is 2. The molecule has 1 aromatic heterocycles. The molecular weight excluding hydrogens is 328 g/mol. The summed E-state index contributed by atoms with van der Waals surface area (Å²) in [6.45, 7) is 2.03. The Morgan fingerprint density at radius 2 is 1.54 bits per heavy atom. The highest BCUT2D eigenvalue weighted by Gasteiger charge is 2.12. The van der Waals surface area contributed by atoms with Crippen molar-refractivity contribution in [3.8, 4) is 0 Å². The van der Waals surface area contributed by atoms with E-state index in [0.29, 0.717) is 17.8 Å². The van der Waals surface area contributed by atoms with Crippen molar-refractivity contribution in [1.29, 1.82) is 0 Å². The Labute approximate surface area is 152 Å². The number of amides is 2. The predicted octanol–water partition coefficient (Wildman–Crippen LogP) is 4.66. The molecule has 0 saturated carbocycles. The summed E-state index contributed by atoms with van der Waals surface area (Å²) in [5.74, 6) is 0.0255. The second kappa shape index (κ2) is 8.16. The quantitative estimate of drug-likeness (QED) is 0.680. The summed E-state index contributed by atoms with van der Waals surface area (Å²) in [4.78, 5) is 24.1. The van der Waals surface area contributed by atoms with Crippen LogP contribution < -0.4 is 10.6 Å². The number of hydrogen-bond acceptors (Lipinski definition) is 3. The van der Waals surface area contributed by atoms with Crippen molar-refractivity contribution in [2.24, 2.45) is 0 Å². The van der Waals surface area contributed by atoms with E-state index < -0.39 is 0 Å². The second-order valence-electron chi connectivity index (χ2n) is 6.07. The van der Waals surface area contributed by atoms with Crippen LogP contribution in [0.5, 0.6) is 0 Å². The van der Waals surface area contributed by atoms with Crippen LogP contribution in [0.4, 0.5) is 11.4 Å². The molecule has 0 bridgehead atoms. The standard InChI is InChI=1S/C21H20N2O3/c1-15(16-6-3-2-4-7-16)14-20(24)22-17-9-11-18(12-10-17)23-21(25)19-8-5-13-26-19/h2-13,15H,14H2,1H3,(H,22,24)(H,23,25). The molecule has 0 radical (unpaired) electrons. The summed E-state index contributed by atoms with van der Waals surface area (Å²) < 4.78 is 5.05. The molecule has 1 unspecified atom stereocenters. The normalized spacial score (nSPS) is 11.6. The van der Waals surface area contributed by atoms with Crippen LogP contribution in [0.2, 0.25) is 0 Å². The Kier molecular flexibility index (Phi) is 5.49. The molecule has 3 aromatic rings. The van der Waals surface area contributed by atoms with Crippen molar-refractivity contribution in [1.82, 2.24) is 0 Å². The van der Waals surface area contributed by atoms with Gasteiger partial charge in [-0.2, -0.15) is 0 Å². The molecule has 1 atom stereocenters. The number of carbonyl (C=O) groups excluding carboxylic acids is 2. The Hall–Kier alpha value is -3.34. The van der Waals surface area contributed by atoms with Gasteiger partial charge in [-0.3, -0.25) is 9.59 Å². The average molecular weight is 348 g/mol. The van der Waals surface area contributed by atoms with E-state index in [1.807, 2.05) is 37.3 Å². The van der Waals surface area contributed by atoms with Gasteiger partial charge in [-0.15, -0.1) is 0 Å². The van der Waals surface area contributed by atoms with Crippen molar-refractivity contribution in [3.63, 3.8) is 0 Å². The van der Waals surface area contributed by atoms with Gasteiger partial charge < -0.3 is 15.1 Å². The van der Waals surface area contributed by atoms with Gasteiger partial charge in [0.25, 0.3) is 5.91 Å². The number of benzene rings is 2. The third kappa shape index (κ3) is 4.60. The molecule has 5 nitrogen and oxygen atoms in total. The van der Waals surface area contributed by atoms with Crippen molar-refractivity contribution in [2.45, 2.75) is 19.3 Å². The lowest BCUT2D eigenvalue weighted by atomic mass is 9.97. The van der Waals surface area contributed by atoms with E-state index in [0.717, 1.165) is 5.56 Å². The molecule has 0 aliphatic rings. The highest BCUT2D eigenvalue weighted by atomic mass is 16.3. The second-order valence-corrected chi connectivity index (χ2v) is 6.07. The van der Waals surface area contributed by atoms with Gasteiger partial charge in [0.15, 0.2) is 5.76 Å². The molecule has 0 spiro atoms. The van der Waals surface area contributed by atoms with Crippen molar-refractivity contribution in [2.75, 3.05) is 10.6 Å². The molecule has 0 fully saturated rings. The van der Waals surface area contributed by atoms with Crippen molar-refractivity contribution in [3.05, 3.63) is 84.3 Å². The first-order valence-electron chi connectivity index (χ1n) is 8.41. The van der Waals surface area contributed by atoms with Crippen LogP contribution in [-0.2, 0) is 4.79 Å². The topological polar surface area (TPSA) is 71.3 Å². The van der Waals surface area contributed by atoms with Crippen LogP contribution in [0.15, 0.2) is 77.4 Å². The summed E-state index contributed by atoms with van der Waals surface area (Å²) in [7, 11) is 0. The number of carbonyl (C=O) groups is 2. The molecule has 0 aliphatic heterocycles. The lowest BCUT2D eigenvalue weighted by molar-refractivity contribution is -0.116. The molecule has 2 amide bonds. The smallest absolute Gasteiger partial charge is 0.291 e. The van der Waals surface area contributed by atoms with Gasteiger partial charge in [0.1, 0.15) is 0 Å². The zero-order valence-corrected chi connectivity index (χ0v) is 14.4. The van der Waals surface area contributed by atoms with Crippen molar-refractivity contribution >= 4 is 23.2 Å². The monoisotopic (exact) mass is 348 g/mol. The molecule has 0 saturated heterocycles. The number of nitrogens with one attached hydrogen (secondary N) is 2. The van der Waals surface area contributed by atoms with Gasteiger partial charge in [0.2, 0.25) is 5.91 Å². The van der Waals surface area contributed by atoms with E-state index >= 15 is 0 Å². The third-order valence-electron chi connectivity index (χ3n) is 4.03. The molecule has 132 valence electrons. The first-order valence-corrected chi connectivity index (χ1v) is 8.41. The summed E-state index contributed by atoms with van der Waals surface area (Å²) in [5, 5.41) is 5.61. The van der Waals surface area contributed by atoms with Crippen LogP contribution in [0.1, 0.15) is 35.4 Å². The van der Waals surface area contributed by atoms with Gasteiger partial charge in [-0.25, -0.2) is 0 Å². The fourth-order valence-corrected chi connectivity index (χ4v) is 2.63. The third-order valence-corrected chi connectivity index (χ3v) is 4.03. The molecule has 3 rings (SSSR count). The Morgan fingerprint density at radius 3 is 2.15 bits per heavy atom. The van der Waals surface area contributed by atoms with Crippen LogP contribution in [0.3, 0.4) is 0 Å². The summed E-state index contributed by atoms with van der Waals surface area (Å²) in [6, 6.07) is 20.2. The fraction of sp³-hybridized carbons (Fsp3) is 0.143. The maximum Gasteiger partial charge on any atom is 0.291 e. The van der Waals surface area contributed by atoms with Crippen LogP contribution in [-0.4, -0.2) is 11.8 Å². The Bertz CT molecular complexity index is 856. The van der Waals surface area contributed by atoms with E-state index in [2.05, 4.69) is 10.6 Å². The Balaban J connectivity index is 1.53. The number of rotatable bonds is 6. The fourth-order valence-electron chi connectivity index (χ4n) is 2.63. The largest absolute Gasteiger partial charge is 0.459 e. The SMILES string of the molecule is CC(CC(=O)Nc1ccc(NC(=O)c2ccco2)cc1)c1ccccc1. The van der Waals surface area contributed by atoms with Crippen LogP contribution >= 0.6 is 0 Å². The molecule has 2 aromatic carbocycles. The van der Waals surface area contributed by atoms with Gasteiger partial charge in [-0.05, 0) is 47.9 Å². The highest BCUT2D eigenvalue weighted by molar-refractivity contribution is 6.02. The summed E-state index contributed by atoms with van der Waals surface area (Å²) in [5.41, 5.74) is 2.45. The maximum absolute atomic E-state index is 12.2. The highest BCUT2D eigenvalue weighted by Crippen LogP contribution is 2.20. The number of furan rings is 1. The molecule has 2 N–H and O–H groups in total. The van der Waals surface area contributed by atoms with Crippen molar-refractivity contribution < 1.29 is 14.0 Å². The molecular formula is C21H20N2O3. The molecule has 26 heavy (non-hydrogen) atoms. The lowest BCUT2D eigenvalue weighted by Gasteiger charge is -2.12. The van der Waals surface area contributed by atoms with E-state index in [-0.39, 0.29) is 23.5 Å². The summed E-state index contributed by atoms with van der Waals surface area (Å²) >= 11 is 0. The minimum Gasteiger partial charge on any atom is -0.459 e. The minimum absolute atomic E-state index is 0.0475. The summed E-state index contributed by atoms with van der Waals surface area (Å²) in [6.07, 6.45) is 1.85. The van der Waals surface area contributed by atoms with Crippen LogP contribution in [0, 0.1) is 0 Å². The molecule has 1 heterocycles. The first-order chi connectivity index (χ1) is 12.6. The maximum atomic E-state index is 12.2. The van der Waals surface area contributed by atoms with Gasteiger partial charge >= 0.3 is 0 Å². The minimum atomic E-state index is -0.316. The predicted molar refractivity (Wildman–Crippen MR) is 101 cm³/mol.